The standard InChI is InChI=1S/C13H18FN3O/c1-10-8-17(7-6-15-10)9-13(18)16-12-4-2-11(14)3-5-12/h2-5,10,15H,6-9H2,1H3,(H,16,18)/t10-/m0/s1. The fourth-order valence-corrected chi connectivity index (χ4v) is 2.09. The number of hydrogen-bond donors (Lipinski definition) is 2. The van der Waals surface area contributed by atoms with Crippen molar-refractivity contribution in [1.29, 1.82) is 0 Å². The van der Waals surface area contributed by atoms with Crippen LogP contribution >= 0.6 is 0 Å². The van der Waals surface area contributed by atoms with Crippen LogP contribution in [0.5, 0.6) is 0 Å². The van der Waals surface area contributed by atoms with E-state index >= 15 is 0 Å². The molecule has 5 heteroatoms. The molecule has 1 fully saturated rings. The molecule has 1 heterocycles. The molecule has 0 unspecified atom stereocenters. The van der Waals surface area contributed by atoms with E-state index in [0.717, 1.165) is 19.6 Å². The minimum Gasteiger partial charge on any atom is -0.325 e. The quantitative estimate of drug-likeness (QED) is 0.844. The molecular weight excluding hydrogens is 233 g/mol. The molecule has 0 aliphatic carbocycles. The summed E-state index contributed by atoms with van der Waals surface area (Å²) >= 11 is 0. The molecule has 0 radical (unpaired) electrons. The lowest BCUT2D eigenvalue weighted by molar-refractivity contribution is -0.117. The summed E-state index contributed by atoms with van der Waals surface area (Å²) in [6.07, 6.45) is 0. The minimum atomic E-state index is -0.302. The van der Waals surface area contributed by atoms with Gasteiger partial charge in [-0.25, -0.2) is 4.39 Å². The second-order valence-corrected chi connectivity index (χ2v) is 4.65. The molecule has 0 spiro atoms. The Morgan fingerprint density at radius 1 is 1.50 bits per heavy atom. The zero-order chi connectivity index (χ0) is 13.0. The Kier molecular flexibility index (Phi) is 4.28. The summed E-state index contributed by atoms with van der Waals surface area (Å²) in [5, 5.41) is 6.09. The van der Waals surface area contributed by atoms with E-state index in [1.54, 1.807) is 12.1 Å². The number of nitrogens with zero attached hydrogens (tertiary/aromatic N) is 1. The normalized spacial score (nSPS) is 20.7. The molecule has 1 aliphatic rings. The molecule has 18 heavy (non-hydrogen) atoms. The first kappa shape index (κ1) is 13.0. The number of anilines is 1. The largest absolute Gasteiger partial charge is 0.325 e. The maximum Gasteiger partial charge on any atom is 0.238 e. The van der Waals surface area contributed by atoms with Crippen molar-refractivity contribution in [2.24, 2.45) is 0 Å². The van der Waals surface area contributed by atoms with Crippen molar-refractivity contribution in [2.45, 2.75) is 13.0 Å². The van der Waals surface area contributed by atoms with Crippen LogP contribution in [-0.2, 0) is 4.79 Å². The molecule has 1 aromatic carbocycles. The minimum absolute atomic E-state index is 0.0595. The molecule has 0 aromatic heterocycles. The first-order chi connectivity index (χ1) is 8.63. The van der Waals surface area contributed by atoms with Crippen LogP contribution in [-0.4, -0.2) is 43.0 Å². The van der Waals surface area contributed by atoms with Crippen LogP contribution in [0.4, 0.5) is 10.1 Å². The smallest absolute Gasteiger partial charge is 0.238 e. The van der Waals surface area contributed by atoms with Gasteiger partial charge in [-0.05, 0) is 31.2 Å². The van der Waals surface area contributed by atoms with Gasteiger partial charge in [0.1, 0.15) is 5.82 Å². The van der Waals surface area contributed by atoms with Crippen molar-refractivity contribution in [1.82, 2.24) is 10.2 Å². The Morgan fingerprint density at radius 3 is 2.89 bits per heavy atom. The molecular formula is C13H18FN3O. The van der Waals surface area contributed by atoms with Gasteiger partial charge in [-0.1, -0.05) is 0 Å². The highest BCUT2D eigenvalue weighted by atomic mass is 19.1. The van der Waals surface area contributed by atoms with Gasteiger partial charge in [0.15, 0.2) is 0 Å². The number of nitrogens with one attached hydrogen (secondary N) is 2. The molecule has 2 N–H and O–H groups in total. The molecule has 1 aliphatic heterocycles. The van der Waals surface area contributed by atoms with E-state index in [9.17, 15) is 9.18 Å². The van der Waals surface area contributed by atoms with Crippen molar-refractivity contribution in [3.63, 3.8) is 0 Å². The fraction of sp³-hybridized carbons (Fsp3) is 0.462. The van der Waals surface area contributed by atoms with E-state index in [1.165, 1.54) is 12.1 Å². The summed E-state index contributed by atoms with van der Waals surface area (Å²) in [7, 11) is 0. The highest BCUT2D eigenvalue weighted by Gasteiger charge is 2.17. The Bertz CT molecular complexity index is 407. The Labute approximate surface area is 106 Å². The number of hydrogen-bond acceptors (Lipinski definition) is 3. The number of piperazine rings is 1. The summed E-state index contributed by atoms with van der Waals surface area (Å²) in [5.74, 6) is -0.361. The van der Waals surface area contributed by atoms with E-state index in [2.05, 4.69) is 22.5 Å². The van der Waals surface area contributed by atoms with Crippen LogP contribution in [0.1, 0.15) is 6.92 Å². The van der Waals surface area contributed by atoms with E-state index in [4.69, 9.17) is 0 Å². The molecule has 1 atom stereocenters. The number of amides is 1. The van der Waals surface area contributed by atoms with Crippen molar-refractivity contribution in [3.8, 4) is 0 Å². The van der Waals surface area contributed by atoms with E-state index in [0.29, 0.717) is 18.3 Å². The maximum atomic E-state index is 12.7. The number of carbonyl (C=O) groups excluding carboxylic acids is 1. The van der Waals surface area contributed by atoms with Gasteiger partial charge in [0.2, 0.25) is 5.91 Å². The molecule has 2 rings (SSSR count). The van der Waals surface area contributed by atoms with Crippen LogP contribution in [0.15, 0.2) is 24.3 Å². The second kappa shape index (κ2) is 5.93. The zero-order valence-corrected chi connectivity index (χ0v) is 10.4. The lowest BCUT2D eigenvalue weighted by Crippen LogP contribution is -2.51. The van der Waals surface area contributed by atoms with Gasteiger partial charge >= 0.3 is 0 Å². The first-order valence-corrected chi connectivity index (χ1v) is 6.14. The van der Waals surface area contributed by atoms with Gasteiger partial charge in [0.25, 0.3) is 0 Å². The van der Waals surface area contributed by atoms with Crippen molar-refractivity contribution >= 4 is 11.6 Å². The van der Waals surface area contributed by atoms with Gasteiger partial charge in [-0.2, -0.15) is 0 Å². The third-order valence-corrected chi connectivity index (χ3v) is 2.95. The average molecular weight is 251 g/mol. The van der Waals surface area contributed by atoms with E-state index in [-0.39, 0.29) is 11.7 Å². The van der Waals surface area contributed by atoms with Crippen LogP contribution in [0.2, 0.25) is 0 Å². The summed E-state index contributed by atoms with van der Waals surface area (Å²) in [5.41, 5.74) is 0.629. The van der Waals surface area contributed by atoms with Crippen molar-refractivity contribution in [3.05, 3.63) is 30.1 Å². The predicted molar refractivity (Wildman–Crippen MR) is 68.9 cm³/mol. The average Bonchev–Trinajstić information content (AvgIpc) is 2.32. The molecule has 98 valence electrons. The van der Waals surface area contributed by atoms with Crippen molar-refractivity contribution in [2.75, 3.05) is 31.5 Å². The molecule has 1 saturated heterocycles. The molecule has 4 nitrogen and oxygen atoms in total. The van der Waals surface area contributed by atoms with E-state index in [1.807, 2.05) is 0 Å². The van der Waals surface area contributed by atoms with Crippen LogP contribution in [0.25, 0.3) is 0 Å². The number of benzene rings is 1. The van der Waals surface area contributed by atoms with E-state index < -0.39 is 0 Å². The summed E-state index contributed by atoms with van der Waals surface area (Å²) in [4.78, 5) is 13.9. The van der Waals surface area contributed by atoms with Gasteiger partial charge in [0.05, 0.1) is 6.54 Å². The number of carbonyl (C=O) groups is 1. The maximum absolute atomic E-state index is 12.7. The molecule has 0 saturated carbocycles. The molecule has 0 bridgehead atoms. The predicted octanol–water partition coefficient (Wildman–Crippen LogP) is 1.06. The summed E-state index contributed by atoms with van der Waals surface area (Å²) in [6, 6.07) is 6.21. The van der Waals surface area contributed by atoms with Crippen LogP contribution < -0.4 is 10.6 Å². The van der Waals surface area contributed by atoms with Crippen LogP contribution in [0.3, 0.4) is 0 Å². The van der Waals surface area contributed by atoms with Gasteiger partial charge in [-0.15, -0.1) is 0 Å². The SMILES string of the molecule is C[C@H]1CN(CC(=O)Nc2ccc(F)cc2)CCN1. The Balaban J connectivity index is 1.83. The summed E-state index contributed by atoms with van der Waals surface area (Å²) in [6.45, 7) is 5.14. The Morgan fingerprint density at radius 2 is 2.22 bits per heavy atom. The molecule has 1 amide bonds. The second-order valence-electron chi connectivity index (χ2n) is 4.65. The summed E-state index contributed by atoms with van der Waals surface area (Å²) < 4.78 is 12.7. The first-order valence-electron chi connectivity index (χ1n) is 6.14. The monoisotopic (exact) mass is 251 g/mol. The third kappa shape index (κ3) is 3.78. The molecule has 1 aromatic rings. The number of rotatable bonds is 3. The van der Waals surface area contributed by atoms with Crippen molar-refractivity contribution < 1.29 is 9.18 Å². The van der Waals surface area contributed by atoms with Gasteiger partial charge in [-0.3, -0.25) is 9.69 Å². The van der Waals surface area contributed by atoms with Gasteiger partial charge < -0.3 is 10.6 Å². The number of halogens is 1. The van der Waals surface area contributed by atoms with Gasteiger partial charge in [0, 0.05) is 31.4 Å². The third-order valence-electron chi connectivity index (χ3n) is 2.95. The zero-order valence-electron chi connectivity index (χ0n) is 10.4. The lowest BCUT2D eigenvalue weighted by Gasteiger charge is -2.31. The fourth-order valence-electron chi connectivity index (χ4n) is 2.09. The lowest BCUT2D eigenvalue weighted by atomic mass is 10.2. The highest BCUT2D eigenvalue weighted by molar-refractivity contribution is 5.92. The van der Waals surface area contributed by atoms with Crippen LogP contribution in [0, 0.1) is 5.82 Å². The topological polar surface area (TPSA) is 44.4 Å². The Hall–Kier alpha value is -1.46. The highest BCUT2D eigenvalue weighted by Crippen LogP contribution is 2.08.